The molecule has 1 unspecified atom stereocenters. The predicted octanol–water partition coefficient (Wildman–Crippen LogP) is 1.35. The van der Waals surface area contributed by atoms with Crippen LogP contribution < -0.4 is 10.1 Å². The van der Waals surface area contributed by atoms with E-state index in [-0.39, 0.29) is 11.9 Å². The third-order valence-electron chi connectivity index (χ3n) is 4.70. The molecule has 0 bridgehead atoms. The standard InChI is InChI=1S/C18H27N3O2/c22-18(21-13-9-19-10-14-21)17(20-11-4-5-12-20)8-15-23-16-6-2-1-3-7-16/h1-3,6-7,17,19H,4-5,8-15H2. The Labute approximate surface area is 138 Å². The van der Waals surface area contributed by atoms with Gasteiger partial charge in [0.15, 0.2) is 0 Å². The van der Waals surface area contributed by atoms with Crippen molar-refractivity contribution in [2.24, 2.45) is 0 Å². The highest BCUT2D eigenvalue weighted by Crippen LogP contribution is 2.18. The highest BCUT2D eigenvalue weighted by atomic mass is 16.5. The fourth-order valence-corrected chi connectivity index (χ4v) is 3.42. The zero-order valence-electron chi connectivity index (χ0n) is 13.7. The number of hydrogen-bond donors (Lipinski definition) is 1. The van der Waals surface area contributed by atoms with E-state index in [0.29, 0.717) is 6.61 Å². The molecule has 0 spiro atoms. The number of benzene rings is 1. The quantitative estimate of drug-likeness (QED) is 0.860. The molecule has 0 saturated carbocycles. The second-order valence-electron chi connectivity index (χ2n) is 6.28. The topological polar surface area (TPSA) is 44.8 Å². The summed E-state index contributed by atoms with van der Waals surface area (Å²) in [5, 5.41) is 3.31. The largest absolute Gasteiger partial charge is 0.494 e. The van der Waals surface area contributed by atoms with E-state index in [1.165, 1.54) is 12.8 Å². The van der Waals surface area contributed by atoms with Gasteiger partial charge in [0.1, 0.15) is 5.75 Å². The number of carbonyl (C=O) groups is 1. The third kappa shape index (κ3) is 4.45. The summed E-state index contributed by atoms with van der Waals surface area (Å²) >= 11 is 0. The lowest BCUT2D eigenvalue weighted by molar-refractivity contribution is -0.137. The molecule has 1 N–H and O–H groups in total. The predicted molar refractivity (Wildman–Crippen MR) is 90.6 cm³/mol. The van der Waals surface area contributed by atoms with Crippen molar-refractivity contribution in [2.45, 2.75) is 25.3 Å². The summed E-state index contributed by atoms with van der Waals surface area (Å²) in [7, 11) is 0. The Hall–Kier alpha value is -1.59. The SMILES string of the molecule is O=C(C(CCOc1ccccc1)N1CCCC1)N1CCNCC1. The van der Waals surface area contributed by atoms with Gasteiger partial charge in [0.05, 0.1) is 12.6 Å². The van der Waals surface area contributed by atoms with Crippen LogP contribution in [-0.4, -0.2) is 67.6 Å². The van der Waals surface area contributed by atoms with Crippen LogP contribution in [0.2, 0.25) is 0 Å². The first-order chi connectivity index (χ1) is 11.3. The summed E-state index contributed by atoms with van der Waals surface area (Å²) in [5.41, 5.74) is 0. The number of amides is 1. The van der Waals surface area contributed by atoms with Crippen molar-refractivity contribution in [3.8, 4) is 5.75 Å². The first kappa shape index (κ1) is 16.3. The van der Waals surface area contributed by atoms with E-state index in [0.717, 1.165) is 51.4 Å². The number of nitrogens with one attached hydrogen (secondary N) is 1. The van der Waals surface area contributed by atoms with Gasteiger partial charge in [0.25, 0.3) is 0 Å². The Morgan fingerprint density at radius 1 is 1.09 bits per heavy atom. The van der Waals surface area contributed by atoms with Gasteiger partial charge in [-0.15, -0.1) is 0 Å². The molecule has 5 nitrogen and oxygen atoms in total. The van der Waals surface area contributed by atoms with Crippen LogP contribution in [0.1, 0.15) is 19.3 Å². The average molecular weight is 317 g/mol. The van der Waals surface area contributed by atoms with Crippen molar-refractivity contribution in [1.82, 2.24) is 15.1 Å². The van der Waals surface area contributed by atoms with Crippen LogP contribution >= 0.6 is 0 Å². The van der Waals surface area contributed by atoms with Gasteiger partial charge >= 0.3 is 0 Å². The van der Waals surface area contributed by atoms with E-state index in [1.807, 2.05) is 35.2 Å². The van der Waals surface area contributed by atoms with Gasteiger partial charge < -0.3 is 15.0 Å². The highest BCUT2D eigenvalue weighted by molar-refractivity contribution is 5.82. The third-order valence-corrected chi connectivity index (χ3v) is 4.70. The van der Waals surface area contributed by atoms with Crippen LogP contribution in [0, 0.1) is 0 Å². The van der Waals surface area contributed by atoms with Crippen LogP contribution in [0.5, 0.6) is 5.75 Å². The molecule has 0 radical (unpaired) electrons. The minimum absolute atomic E-state index is 0.0284. The first-order valence-corrected chi connectivity index (χ1v) is 8.76. The zero-order chi connectivity index (χ0) is 15.9. The van der Waals surface area contributed by atoms with Crippen molar-refractivity contribution in [1.29, 1.82) is 0 Å². The number of nitrogens with zero attached hydrogens (tertiary/aromatic N) is 2. The number of piperazine rings is 1. The molecule has 1 aromatic rings. The van der Waals surface area contributed by atoms with E-state index < -0.39 is 0 Å². The Balaban J connectivity index is 1.57. The van der Waals surface area contributed by atoms with Crippen molar-refractivity contribution < 1.29 is 9.53 Å². The Kier molecular flexibility index (Phi) is 5.88. The number of rotatable bonds is 6. The van der Waals surface area contributed by atoms with Gasteiger partial charge in [-0.1, -0.05) is 18.2 Å². The second kappa shape index (κ2) is 8.31. The minimum Gasteiger partial charge on any atom is -0.494 e. The van der Waals surface area contributed by atoms with E-state index in [4.69, 9.17) is 4.74 Å². The summed E-state index contributed by atoms with van der Waals surface area (Å²) in [6.45, 7) is 6.11. The maximum atomic E-state index is 12.9. The van der Waals surface area contributed by atoms with Gasteiger partial charge in [-0.2, -0.15) is 0 Å². The lowest BCUT2D eigenvalue weighted by Crippen LogP contribution is -2.54. The van der Waals surface area contributed by atoms with Crippen LogP contribution in [0.25, 0.3) is 0 Å². The molecule has 1 amide bonds. The number of likely N-dealkylation sites (tertiary alicyclic amines) is 1. The number of para-hydroxylation sites is 1. The zero-order valence-corrected chi connectivity index (χ0v) is 13.7. The lowest BCUT2D eigenvalue weighted by Gasteiger charge is -2.34. The summed E-state index contributed by atoms with van der Waals surface area (Å²) in [5.74, 6) is 1.16. The number of hydrogen-bond acceptors (Lipinski definition) is 4. The minimum atomic E-state index is -0.0284. The molecular weight excluding hydrogens is 290 g/mol. The van der Waals surface area contributed by atoms with Crippen molar-refractivity contribution >= 4 is 5.91 Å². The number of carbonyl (C=O) groups excluding carboxylic acids is 1. The Morgan fingerprint density at radius 2 is 1.78 bits per heavy atom. The molecular formula is C18H27N3O2. The fourth-order valence-electron chi connectivity index (χ4n) is 3.42. The second-order valence-corrected chi connectivity index (χ2v) is 6.28. The monoisotopic (exact) mass is 317 g/mol. The normalized spacial score (nSPS) is 20.4. The van der Waals surface area contributed by atoms with Gasteiger partial charge in [-0.25, -0.2) is 0 Å². The summed E-state index contributed by atoms with van der Waals surface area (Å²) in [4.78, 5) is 17.3. The number of ether oxygens (including phenoxy) is 1. The molecule has 5 heteroatoms. The van der Waals surface area contributed by atoms with E-state index in [9.17, 15) is 4.79 Å². The van der Waals surface area contributed by atoms with Gasteiger partial charge in [0, 0.05) is 32.6 Å². The smallest absolute Gasteiger partial charge is 0.240 e. The first-order valence-electron chi connectivity index (χ1n) is 8.76. The summed E-state index contributed by atoms with van der Waals surface area (Å²) < 4.78 is 5.82. The van der Waals surface area contributed by atoms with E-state index >= 15 is 0 Å². The summed E-state index contributed by atoms with van der Waals surface area (Å²) in [6, 6.07) is 9.82. The average Bonchev–Trinajstić information content (AvgIpc) is 3.14. The molecule has 1 atom stereocenters. The molecule has 3 rings (SSSR count). The highest BCUT2D eigenvalue weighted by Gasteiger charge is 2.31. The molecule has 2 saturated heterocycles. The van der Waals surface area contributed by atoms with Crippen molar-refractivity contribution in [2.75, 3.05) is 45.9 Å². The molecule has 2 fully saturated rings. The Bertz CT molecular complexity index is 482. The maximum Gasteiger partial charge on any atom is 0.240 e. The molecule has 2 aliphatic rings. The van der Waals surface area contributed by atoms with Gasteiger partial charge in [-0.05, 0) is 38.1 Å². The molecule has 23 heavy (non-hydrogen) atoms. The van der Waals surface area contributed by atoms with E-state index in [1.54, 1.807) is 0 Å². The van der Waals surface area contributed by atoms with Gasteiger partial charge in [0.2, 0.25) is 5.91 Å². The van der Waals surface area contributed by atoms with Crippen molar-refractivity contribution in [3.05, 3.63) is 30.3 Å². The van der Waals surface area contributed by atoms with Crippen LogP contribution in [-0.2, 0) is 4.79 Å². The maximum absolute atomic E-state index is 12.9. The molecule has 1 aromatic carbocycles. The van der Waals surface area contributed by atoms with Gasteiger partial charge in [-0.3, -0.25) is 9.69 Å². The fraction of sp³-hybridized carbons (Fsp3) is 0.611. The molecule has 2 aliphatic heterocycles. The molecule has 2 heterocycles. The molecule has 126 valence electrons. The van der Waals surface area contributed by atoms with Crippen LogP contribution in [0.3, 0.4) is 0 Å². The summed E-state index contributed by atoms with van der Waals surface area (Å²) in [6.07, 6.45) is 3.16. The van der Waals surface area contributed by atoms with Crippen LogP contribution in [0.4, 0.5) is 0 Å². The Morgan fingerprint density at radius 3 is 2.48 bits per heavy atom. The van der Waals surface area contributed by atoms with Crippen LogP contribution in [0.15, 0.2) is 30.3 Å². The molecule has 0 aromatic heterocycles. The van der Waals surface area contributed by atoms with E-state index in [2.05, 4.69) is 10.2 Å². The lowest BCUT2D eigenvalue weighted by atomic mass is 10.1. The molecule has 0 aliphatic carbocycles. The van der Waals surface area contributed by atoms with Crippen molar-refractivity contribution in [3.63, 3.8) is 0 Å².